The molecule has 4 heterocycles. The molecule has 1 unspecified atom stereocenters. The number of nitrogens with one attached hydrogen (secondary N) is 2. The third kappa shape index (κ3) is 3.83. The number of aromatic amines is 1. The minimum atomic E-state index is -0.403. The molecule has 3 aromatic heterocycles. The van der Waals surface area contributed by atoms with Crippen molar-refractivity contribution in [1.82, 2.24) is 24.9 Å². The summed E-state index contributed by atoms with van der Waals surface area (Å²) in [6, 6.07) is 7.90. The molecule has 0 radical (unpaired) electrons. The van der Waals surface area contributed by atoms with Crippen LogP contribution < -0.4 is 10.9 Å². The van der Waals surface area contributed by atoms with Crippen molar-refractivity contribution in [3.05, 3.63) is 63.8 Å². The van der Waals surface area contributed by atoms with E-state index in [1.165, 1.54) is 4.52 Å². The first-order chi connectivity index (χ1) is 16.3. The van der Waals surface area contributed by atoms with Crippen LogP contribution in [0.15, 0.2) is 41.5 Å². The second kappa shape index (κ2) is 8.40. The Labute approximate surface area is 195 Å². The Balaban J connectivity index is 1.54. The standard InChI is InChI=1S/C25H25N5O4/c1-13(2)21-22(24(32)27-11-16-7-8-20(31)34-16)29-30-12-19(28-25(33)23(21)30)15-9-17-14(3)5-4-6-18(17)26-10-15/h4-6,9-10,12-13,16H,7-8,11H2,1-3H3,(H,27,32)(H,28,33). The maximum atomic E-state index is 13.1. The van der Waals surface area contributed by atoms with E-state index in [9.17, 15) is 14.4 Å². The van der Waals surface area contributed by atoms with Crippen LogP contribution in [0.2, 0.25) is 0 Å². The zero-order valence-electron chi connectivity index (χ0n) is 19.2. The molecule has 1 atom stereocenters. The van der Waals surface area contributed by atoms with Gasteiger partial charge in [-0.25, -0.2) is 4.52 Å². The lowest BCUT2D eigenvalue weighted by Crippen LogP contribution is -2.32. The van der Waals surface area contributed by atoms with Gasteiger partial charge in [-0.1, -0.05) is 26.0 Å². The second-order valence-corrected chi connectivity index (χ2v) is 8.93. The van der Waals surface area contributed by atoms with Gasteiger partial charge in [-0.2, -0.15) is 5.10 Å². The molecule has 174 valence electrons. The van der Waals surface area contributed by atoms with E-state index in [0.717, 1.165) is 22.0 Å². The van der Waals surface area contributed by atoms with Gasteiger partial charge in [-0.05, 0) is 37.0 Å². The summed E-state index contributed by atoms with van der Waals surface area (Å²) in [5.74, 6) is -0.772. The quantitative estimate of drug-likeness (QED) is 0.443. The SMILES string of the molecule is Cc1cccc2ncc(-c3cn4nc(C(=O)NCC5CCC(=O)O5)c(C(C)C)c4c(=O)[nH]3)cc12. The number of ether oxygens (including phenoxy) is 1. The fourth-order valence-electron chi connectivity index (χ4n) is 4.43. The Kier molecular flexibility index (Phi) is 5.39. The first-order valence-electron chi connectivity index (χ1n) is 11.3. The number of fused-ring (bicyclic) bond motifs is 2. The van der Waals surface area contributed by atoms with E-state index in [2.05, 4.69) is 20.4 Å². The molecule has 1 fully saturated rings. The van der Waals surface area contributed by atoms with E-state index in [4.69, 9.17) is 4.74 Å². The summed E-state index contributed by atoms with van der Waals surface area (Å²) >= 11 is 0. The van der Waals surface area contributed by atoms with Crippen LogP contribution in [-0.2, 0) is 9.53 Å². The Morgan fingerprint density at radius 1 is 1.32 bits per heavy atom. The highest BCUT2D eigenvalue weighted by Gasteiger charge is 2.27. The number of carbonyl (C=O) groups excluding carboxylic acids is 2. The topological polar surface area (TPSA) is 118 Å². The number of nitrogens with zero attached hydrogens (tertiary/aromatic N) is 3. The molecule has 0 bridgehead atoms. The number of amides is 1. The summed E-state index contributed by atoms with van der Waals surface area (Å²) < 4.78 is 6.64. The molecular weight excluding hydrogens is 434 g/mol. The van der Waals surface area contributed by atoms with E-state index in [-0.39, 0.29) is 35.8 Å². The number of aryl methyl sites for hydroxylation is 1. The summed E-state index contributed by atoms with van der Waals surface area (Å²) in [5.41, 5.74) is 4.02. The summed E-state index contributed by atoms with van der Waals surface area (Å²) in [7, 11) is 0. The molecule has 1 saturated heterocycles. The van der Waals surface area contributed by atoms with Gasteiger partial charge in [-0.3, -0.25) is 19.4 Å². The van der Waals surface area contributed by atoms with Gasteiger partial charge < -0.3 is 15.0 Å². The molecule has 4 aromatic rings. The average Bonchev–Trinajstić information content (AvgIpc) is 3.41. The highest BCUT2D eigenvalue weighted by Crippen LogP contribution is 2.26. The van der Waals surface area contributed by atoms with Crippen molar-refractivity contribution < 1.29 is 14.3 Å². The molecule has 1 aliphatic heterocycles. The minimum Gasteiger partial charge on any atom is -0.460 e. The number of aromatic nitrogens is 4. The van der Waals surface area contributed by atoms with Crippen molar-refractivity contribution in [2.45, 2.75) is 45.6 Å². The maximum Gasteiger partial charge on any atom is 0.306 e. The van der Waals surface area contributed by atoms with Gasteiger partial charge >= 0.3 is 5.97 Å². The van der Waals surface area contributed by atoms with Crippen LogP contribution in [0.25, 0.3) is 27.7 Å². The molecule has 1 aliphatic rings. The van der Waals surface area contributed by atoms with Crippen LogP contribution >= 0.6 is 0 Å². The zero-order valence-corrected chi connectivity index (χ0v) is 19.2. The van der Waals surface area contributed by atoms with Crippen LogP contribution in [0.3, 0.4) is 0 Å². The summed E-state index contributed by atoms with van der Waals surface area (Å²) in [6.45, 7) is 6.05. The molecule has 1 amide bonds. The van der Waals surface area contributed by atoms with E-state index >= 15 is 0 Å². The Morgan fingerprint density at radius 2 is 2.15 bits per heavy atom. The number of pyridine rings is 1. The molecule has 0 saturated carbocycles. The molecule has 5 rings (SSSR count). The van der Waals surface area contributed by atoms with Crippen molar-refractivity contribution in [2.24, 2.45) is 0 Å². The molecule has 2 N–H and O–H groups in total. The number of benzene rings is 1. The maximum absolute atomic E-state index is 13.1. The summed E-state index contributed by atoms with van der Waals surface area (Å²) in [6.07, 6.45) is 4.01. The molecule has 34 heavy (non-hydrogen) atoms. The Morgan fingerprint density at radius 3 is 2.88 bits per heavy atom. The Hall–Kier alpha value is -4.01. The number of H-pyrrole nitrogens is 1. The monoisotopic (exact) mass is 459 g/mol. The molecular formula is C25H25N5O4. The van der Waals surface area contributed by atoms with Crippen molar-refractivity contribution in [1.29, 1.82) is 0 Å². The number of carbonyl (C=O) groups is 2. The molecule has 1 aromatic carbocycles. The van der Waals surface area contributed by atoms with Crippen molar-refractivity contribution in [3.8, 4) is 11.3 Å². The first kappa shape index (κ1) is 21.8. The number of cyclic esters (lactones) is 1. The summed E-state index contributed by atoms with van der Waals surface area (Å²) in [4.78, 5) is 44.9. The molecule has 0 aliphatic carbocycles. The molecule has 0 spiro atoms. The van der Waals surface area contributed by atoms with Crippen LogP contribution in [0.4, 0.5) is 0 Å². The predicted molar refractivity (Wildman–Crippen MR) is 127 cm³/mol. The zero-order chi connectivity index (χ0) is 24.0. The van der Waals surface area contributed by atoms with Crippen molar-refractivity contribution >= 4 is 28.3 Å². The number of rotatable bonds is 5. The number of hydrogen-bond donors (Lipinski definition) is 2. The highest BCUT2D eigenvalue weighted by atomic mass is 16.5. The fourth-order valence-corrected chi connectivity index (χ4v) is 4.43. The minimum absolute atomic E-state index is 0.112. The van der Waals surface area contributed by atoms with E-state index in [1.54, 1.807) is 12.4 Å². The predicted octanol–water partition coefficient (Wildman–Crippen LogP) is 3.11. The largest absolute Gasteiger partial charge is 0.460 e. The average molecular weight is 460 g/mol. The van der Waals surface area contributed by atoms with Crippen molar-refractivity contribution in [2.75, 3.05) is 6.54 Å². The smallest absolute Gasteiger partial charge is 0.306 e. The highest BCUT2D eigenvalue weighted by molar-refractivity contribution is 5.96. The number of esters is 1. The second-order valence-electron chi connectivity index (χ2n) is 8.93. The van der Waals surface area contributed by atoms with Gasteiger partial charge in [0.1, 0.15) is 11.6 Å². The summed E-state index contributed by atoms with van der Waals surface area (Å²) in [5, 5.41) is 8.27. The van der Waals surface area contributed by atoms with Gasteiger partial charge in [0.05, 0.1) is 24.0 Å². The number of hydrogen-bond acceptors (Lipinski definition) is 6. The van der Waals surface area contributed by atoms with Crippen molar-refractivity contribution in [3.63, 3.8) is 0 Å². The third-order valence-corrected chi connectivity index (χ3v) is 6.17. The third-order valence-electron chi connectivity index (χ3n) is 6.17. The van der Waals surface area contributed by atoms with Gasteiger partial charge in [0.2, 0.25) is 0 Å². The van der Waals surface area contributed by atoms with Gasteiger partial charge in [-0.15, -0.1) is 0 Å². The molecule has 9 nitrogen and oxygen atoms in total. The van der Waals surface area contributed by atoms with E-state index in [0.29, 0.717) is 29.6 Å². The van der Waals surface area contributed by atoms with Gasteiger partial charge in [0, 0.05) is 29.1 Å². The Bertz CT molecular complexity index is 1500. The molecule has 9 heteroatoms. The van der Waals surface area contributed by atoms with Gasteiger partial charge in [0.25, 0.3) is 11.5 Å². The lowest BCUT2D eigenvalue weighted by Gasteiger charge is -2.11. The van der Waals surface area contributed by atoms with Gasteiger partial charge in [0.15, 0.2) is 5.69 Å². The fraction of sp³-hybridized carbons (Fsp3) is 0.320. The lowest BCUT2D eigenvalue weighted by atomic mass is 10.0. The van der Waals surface area contributed by atoms with Crippen LogP contribution in [0.5, 0.6) is 0 Å². The van der Waals surface area contributed by atoms with Crippen LogP contribution in [0.1, 0.15) is 54.2 Å². The van der Waals surface area contributed by atoms with Crippen LogP contribution in [-0.4, -0.2) is 44.1 Å². The first-order valence-corrected chi connectivity index (χ1v) is 11.3. The van der Waals surface area contributed by atoms with Crippen LogP contribution in [0, 0.1) is 6.92 Å². The normalized spacial score (nSPS) is 15.9. The lowest BCUT2D eigenvalue weighted by molar-refractivity contribution is -0.141. The van der Waals surface area contributed by atoms with E-state index in [1.807, 2.05) is 45.0 Å². The van der Waals surface area contributed by atoms with E-state index < -0.39 is 5.91 Å².